The number of rotatable bonds is 2. The summed E-state index contributed by atoms with van der Waals surface area (Å²) in [5, 5.41) is 0. The molecule has 78 valence electrons. The van der Waals surface area contributed by atoms with E-state index in [2.05, 4.69) is 4.98 Å². The first-order valence-corrected chi connectivity index (χ1v) is 4.83. The summed E-state index contributed by atoms with van der Waals surface area (Å²) in [6, 6.07) is 3.61. The molecule has 0 aliphatic carbocycles. The number of carbonyl (C=O) groups is 1. The largest absolute Gasteiger partial charge is 0.462 e. The minimum absolute atomic E-state index is 0.286. The lowest BCUT2D eigenvalue weighted by molar-refractivity contribution is 0.0529. The molecule has 0 aliphatic heterocycles. The Morgan fingerprint density at radius 1 is 1.60 bits per heavy atom. The van der Waals surface area contributed by atoms with Gasteiger partial charge in [-0.15, -0.1) is 0 Å². The molecule has 0 saturated carbocycles. The molecule has 0 amide bonds. The first kappa shape index (κ1) is 9.71. The number of nitrogens with zero attached hydrogens (tertiary/aromatic N) is 2. The Morgan fingerprint density at radius 2 is 2.40 bits per heavy atom. The summed E-state index contributed by atoms with van der Waals surface area (Å²) in [7, 11) is 0. The van der Waals surface area contributed by atoms with Crippen LogP contribution in [-0.4, -0.2) is 22.0 Å². The van der Waals surface area contributed by atoms with Crippen molar-refractivity contribution in [1.29, 1.82) is 0 Å². The van der Waals surface area contributed by atoms with Crippen LogP contribution in [-0.2, 0) is 4.74 Å². The van der Waals surface area contributed by atoms with Gasteiger partial charge in [0.25, 0.3) is 0 Å². The maximum Gasteiger partial charge on any atom is 0.340 e. The van der Waals surface area contributed by atoms with Gasteiger partial charge in [0.15, 0.2) is 0 Å². The van der Waals surface area contributed by atoms with Crippen molar-refractivity contribution >= 4 is 11.5 Å². The molecule has 0 unspecified atom stereocenters. The predicted molar refractivity (Wildman–Crippen MR) is 55.9 cm³/mol. The maximum atomic E-state index is 11.6. The first-order valence-electron chi connectivity index (χ1n) is 4.83. The monoisotopic (exact) mass is 204 g/mol. The Labute approximate surface area is 87.5 Å². The van der Waals surface area contributed by atoms with Gasteiger partial charge in [-0.3, -0.25) is 0 Å². The molecule has 2 aromatic rings. The summed E-state index contributed by atoms with van der Waals surface area (Å²) < 4.78 is 6.77. The molecular formula is C11H12N2O2. The van der Waals surface area contributed by atoms with Crippen LogP contribution in [0.25, 0.3) is 5.52 Å². The van der Waals surface area contributed by atoms with Crippen LogP contribution in [0.3, 0.4) is 0 Å². The summed E-state index contributed by atoms with van der Waals surface area (Å²) in [6.07, 6.45) is 3.49. The molecule has 0 aliphatic rings. The smallest absolute Gasteiger partial charge is 0.340 e. The minimum Gasteiger partial charge on any atom is -0.462 e. The highest BCUT2D eigenvalue weighted by Crippen LogP contribution is 2.14. The highest BCUT2D eigenvalue weighted by atomic mass is 16.5. The van der Waals surface area contributed by atoms with E-state index in [1.54, 1.807) is 29.9 Å². The zero-order valence-corrected chi connectivity index (χ0v) is 8.73. The van der Waals surface area contributed by atoms with Gasteiger partial charge in [-0.2, -0.15) is 0 Å². The molecule has 0 aromatic carbocycles. The van der Waals surface area contributed by atoms with Crippen molar-refractivity contribution in [2.75, 3.05) is 6.61 Å². The number of fused-ring (bicyclic) bond motifs is 1. The van der Waals surface area contributed by atoms with Gasteiger partial charge in [0.2, 0.25) is 0 Å². The molecule has 0 spiro atoms. The van der Waals surface area contributed by atoms with Crippen molar-refractivity contribution in [3.63, 3.8) is 0 Å². The molecule has 4 heteroatoms. The third-order valence-electron chi connectivity index (χ3n) is 2.18. The lowest BCUT2D eigenvalue weighted by Crippen LogP contribution is -2.04. The van der Waals surface area contributed by atoms with Crippen LogP contribution in [0.15, 0.2) is 24.7 Å². The molecule has 0 fully saturated rings. The standard InChI is InChI=1S/C11H12N2O2/c1-3-15-11(14)9-4-5-13-7-12-8(2)6-10(9)13/h4-7H,3H2,1-2H3. The van der Waals surface area contributed by atoms with Crippen molar-refractivity contribution in [1.82, 2.24) is 9.38 Å². The molecule has 2 aromatic heterocycles. The fraction of sp³-hybridized carbons (Fsp3) is 0.273. The molecule has 15 heavy (non-hydrogen) atoms. The van der Waals surface area contributed by atoms with Crippen LogP contribution < -0.4 is 0 Å². The van der Waals surface area contributed by atoms with Gasteiger partial charge in [-0.1, -0.05) is 0 Å². The summed E-state index contributed by atoms with van der Waals surface area (Å²) >= 11 is 0. The zero-order chi connectivity index (χ0) is 10.8. The van der Waals surface area contributed by atoms with Gasteiger partial charge in [0.1, 0.15) is 0 Å². The first-order chi connectivity index (χ1) is 7.22. The van der Waals surface area contributed by atoms with Crippen LogP contribution in [0.1, 0.15) is 23.0 Å². The number of hydrogen-bond acceptors (Lipinski definition) is 3. The summed E-state index contributed by atoms with van der Waals surface area (Å²) in [5.41, 5.74) is 2.30. The highest BCUT2D eigenvalue weighted by Gasteiger charge is 2.12. The molecular weight excluding hydrogens is 192 g/mol. The second-order valence-corrected chi connectivity index (χ2v) is 3.27. The van der Waals surface area contributed by atoms with Crippen LogP contribution in [0.5, 0.6) is 0 Å². The molecule has 0 radical (unpaired) electrons. The third-order valence-corrected chi connectivity index (χ3v) is 2.18. The van der Waals surface area contributed by atoms with Crippen molar-refractivity contribution in [3.8, 4) is 0 Å². The van der Waals surface area contributed by atoms with E-state index in [0.29, 0.717) is 12.2 Å². The number of aromatic nitrogens is 2. The molecule has 0 saturated heterocycles. The molecule has 0 atom stereocenters. The van der Waals surface area contributed by atoms with Gasteiger partial charge in [-0.25, -0.2) is 9.78 Å². The van der Waals surface area contributed by atoms with Crippen LogP contribution in [0.2, 0.25) is 0 Å². The van der Waals surface area contributed by atoms with Gasteiger partial charge >= 0.3 is 5.97 Å². The summed E-state index contributed by atoms with van der Waals surface area (Å²) in [4.78, 5) is 15.7. The van der Waals surface area contributed by atoms with E-state index in [9.17, 15) is 4.79 Å². The SMILES string of the molecule is CCOC(=O)c1ccn2cnc(C)cc12. The number of carbonyl (C=O) groups excluding carboxylic acids is 1. The number of aryl methyl sites for hydroxylation is 1. The normalized spacial score (nSPS) is 10.5. The predicted octanol–water partition coefficient (Wildman–Crippen LogP) is 1.82. The topological polar surface area (TPSA) is 43.6 Å². The Balaban J connectivity index is 2.52. The number of ether oxygens (including phenoxy) is 1. The second-order valence-electron chi connectivity index (χ2n) is 3.27. The number of esters is 1. The molecule has 0 N–H and O–H groups in total. The lowest BCUT2D eigenvalue weighted by atomic mass is 10.2. The van der Waals surface area contributed by atoms with E-state index >= 15 is 0 Å². The van der Waals surface area contributed by atoms with Gasteiger partial charge in [-0.05, 0) is 26.0 Å². The van der Waals surface area contributed by atoms with E-state index in [0.717, 1.165) is 11.2 Å². The van der Waals surface area contributed by atoms with E-state index < -0.39 is 0 Å². The minimum atomic E-state index is -0.286. The highest BCUT2D eigenvalue weighted by molar-refractivity contribution is 5.97. The van der Waals surface area contributed by atoms with Crippen LogP contribution in [0.4, 0.5) is 0 Å². The van der Waals surface area contributed by atoms with E-state index in [-0.39, 0.29) is 5.97 Å². The lowest BCUT2D eigenvalue weighted by Gasteiger charge is -2.01. The fourth-order valence-corrected chi connectivity index (χ4v) is 1.48. The van der Waals surface area contributed by atoms with E-state index in [1.165, 1.54) is 0 Å². The van der Waals surface area contributed by atoms with Crippen LogP contribution >= 0.6 is 0 Å². The summed E-state index contributed by atoms with van der Waals surface area (Å²) in [6.45, 7) is 4.07. The van der Waals surface area contributed by atoms with E-state index in [1.807, 2.05) is 13.0 Å². The zero-order valence-electron chi connectivity index (χ0n) is 8.73. The Kier molecular flexibility index (Phi) is 2.41. The van der Waals surface area contributed by atoms with Crippen molar-refractivity contribution in [3.05, 3.63) is 35.9 Å². The Morgan fingerprint density at radius 3 is 3.13 bits per heavy atom. The van der Waals surface area contributed by atoms with Crippen molar-refractivity contribution < 1.29 is 9.53 Å². The summed E-state index contributed by atoms with van der Waals surface area (Å²) in [5.74, 6) is -0.286. The third kappa shape index (κ3) is 1.70. The van der Waals surface area contributed by atoms with E-state index in [4.69, 9.17) is 4.74 Å². The molecule has 2 heterocycles. The maximum absolute atomic E-state index is 11.6. The van der Waals surface area contributed by atoms with Gasteiger partial charge in [0, 0.05) is 11.9 Å². The molecule has 2 rings (SSSR count). The molecule has 4 nitrogen and oxygen atoms in total. The Bertz CT molecular complexity index is 502. The average Bonchev–Trinajstić information content (AvgIpc) is 2.60. The van der Waals surface area contributed by atoms with Gasteiger partial charge in [0.05, 0.1) is 24.0 Å². The average molecular weight is 204 g/mol. The quantitative estimate of drug-likeness (QED) is 0.701. The number of hydrogen-bond donors (Lipinski definition) is 0. The second kappa shape index (κ2) is 3.73. The van der Waals surface area contributed by atoms with Crippen molar-refractivity contribution in [2.24, 2.45) is 0 Å². The molecule has 0 bridgehead atoms. The van der Waals surface area contributed by atoms with Gasteiger partial charge < -0.3 is 9.14 Å². The fourth-order valence-electron chi connectivity index (χ4n) is 1.48. The van der Waals surface area contributed by atoms with Crippen LogP contribution in [0, 0.1) is 6.92 Å². The van der Waals surface area contributed by atoms with Crippen molar-refractivity contribution in [2.45, 2.75) is 13.8 Å². The Hall–Kier alpha value is -1.84.